The van der Waals surface area contributed by atoms with E-state index in [0.29, 0.717) is 4.47 Å². The maximum Gasteiger partial charge on any atom is 0.390 e. The highest BCUT2D eigenvalue weighted by Crippen LogP contribution is 2.27. The van der Waals surface area contributed by atoms with Crippen molar-refractivity contribution in [3.8, 4) is 0 Å². The first-order valence-electron chi connectivity index (χ1n) is 3.82. The molecule has 1 aromatic heterocycles. The minimum Gasteiger partial charge on any atom is -0.322 e. The average Bonchev–Trinajstić information content (AvgIpc) is 2.01. The van der Waals surface area contributed by atoms with Gasteiger partial charge in [0.25, 0.3) is 0 Å². The highest BCUT2D eigenvalue weighted by Gasteiger charge is 2.31. The molecule has 0 saturated heterocycles. The van der Waals surface area contributed by atoms with Gasteiger partial charge in [-0.3, -0.25) is 4.98 Å². The summed E-state index contributed by atoms with van der Waals surface area (Å²) in [5.74, 6) is 0. The van der Waals surface area contributed by atoms with E-state index in [4.69, 9.17) is 5.73 Å². The van der Waals surface area contributed by atoms with Crippen molar-refractivity contribution in [2.24, 2.45) is 5.73 Å². The second kappa shape index (κ2) is 4.27. The van der Waals surface area contributed by atoms with Crippen molar-refractivity contribution in [3.63, 3.8) is 0 Å². The molecule has 1 heterocycles. The Morgan fingerprint density at radius 3 is 2.64 bits per heavy atom. The van der Waals surface area contributed by atoms with Gasteiger partial charge in [0.15, 0.2) is 0 Å². The maximum absolute atomic E-state index is 12.0. The van der Waals surface area contributed by atoms with Gasteiger partial charge in [0.1, 0.15) is 0 Å². The minimum absolute atomic E-state index is 0.233. The smallest absolute Gasteiger partial charge is 0.322 e. The molecule has 6 heteroatoms. The first-order valence-corrected chi connectivity index (χ1v) is 4.61. The molecule has 0 bridgehead atoms. The van der Waals surface area contributed by atoms with Crippen LogP contribution in [-0.2, 0) is 0 Å². The number of nitrogens with two attached hydrogens (primary N) is 1. The fourth-order valence-electron chi connectivity index (χ4n) is 0.978. The number of rotatable bonds is 2. The van der Waals surface area contributed by atoms with E-state index in [0.717, 1.165) is 0 Å². The molecule has 0 unspecified atom stereocenters. The standard InChI is InChI=1S/C8H8BrF3N2/c9-5-1-2-14-7(3-5)6(13)4-8(10,11)12/h1-3,6H,4,13H2/t6-/m0/s1. The minimum atomic E-state index is -4.26. The van der Waals surface area contributed by atoms with E-state index in [2.05, 4.69) is 20.9 Å². The quantitative estimate of drug-likeness (QED) is 0.896. The topological polar surface area (TPSA) is 38.9 Å². The largest absolute Gasteiger partial charge is 0.390 e. The summed E-state index contributed by atoms with van der Waals surface area (Å²) in [6, 6.07) is 2.01. The first-order chi connectivity index (χ1) is 6.38. The Kier molecular flexibility index (Phi) is 3.49. The van der Waals surface area contributed by atoms with Crippen LogP contribution in [-0.4, -0.2) is 11.2 Å². The van der Waals surface area contributed by atoms with Gasteiger partial charge in [0.05, 0.1) is 18.2 Å². The van der Waals surface area contributed by atoms with Gasteiger partial charge in [-0.05, 0) is 12.1 Å². The van der Waals surface area contributed by atoms with Crippen LogP contribution >= 0.6 is 15.9 Å². The predicted octanol–water partition coefficient (Wildman–Crippen LogP) is 2.80. The third kappa shape index (κ3) is 3.63. The Hall–Kier alpha value is -0.620. The van der Waals surface area contributed by atoms with Gasteiger partial charge < -0.3 is 5.73 Å². The van der Waals surface area contributed by atoms with Gasteiger partial charge in [0.2, 0.25) is 0 Å². The number of alkyl halides is 3. The van der Waals surface area contributed by atoms with Crippen LogP contribution in [0, 0.1) is 0 Å². The summed E-state index contributed by atoms with van der Waals surface area (Å²) in [5, 5.41) is 0. The number of halogens is 4. The van der Waals surface area contributed by atoms with Crippen LogP contribution in [0.3, 0.4) is 0 Å². The lowest BCUT2D eigenvalue weighted by Gasteiger charge is -2.13. The van der Waals surface area contributed by atoms with Gasteiger partial charge in [-0.2, -0.15) is 13.2 Å². The molecule has 1 atom stereocenters. The Balaban J connectivity index is 2.74. The van der Waals surface area contributed by atoms with E-state index in [1.54, 1.807) is 6.07 Å². The normalized spacial score (nSPS) is 14.1. The van der Waals surface area contributed by atoms with Crippen LogP contribution in [0.1, 0.15) is 18.2 Å². The van der Waals surface area contributed by atoms with Crippen LogP contribution < -0.4 is 5.73 Å². The zero-order valence-electron chi connectivity index (χ0n) is 7.05. The van der Waals surface area contributed by atoms with Gasteiger partial charge in [-0.1, -0.05) is 15.9 Å². The molecule has 0 amide bonds. The molecular formula is C8H8BrF3N2. The summed E-state index contributed by atoms with van der Waals surface area (Å²) in [6.45, 7) is 0. The van der Waals surface area contributed by atoms with E-state index >= 15 is 0 Å². The van der Waals surface area contributed by atoms with Crippen molar-refractivity contribution >= 4 is 15.9 Å². The van der Waals surface area contributed by atoms with Crippen LogP contribution in [0.15, 0.2) is 22.8 Å². The third-order valence-corrected chi connectivity index (χ3v) is 2.07. The van der Waals surface area contributed by atoms with Crippen molar-refractivity contribution < 1.29 is 13.2 Å². The molecular weight excluding hydrogens is 261 g/mol. The van der Waals surface area contributed by atoms with Crippen LogP contribution in [0.2, 0.25) is 0 Å². The Morgan fingerprint density at radius 1 is 1.50 bits per heavy atom. The molecule has 0 aromatic carbocycles. The SMILES string of the molecule is N[C@@H](CC(F)(F)F)c1cc(Br)ccn1. The Morgan fingerprint density at radius 2 is 2.14 bits per heavy atom. The lowest BCUT2D eigenvalue weighted by atomic mass is 10.1. The fraction of sp³-hybridized carbons (Fsp3) is 0.375. The number of aromatic nitrogens is 1. The molecule has 14 heavy (non-hydrogen) atoms. The molecule has 1 aromatic rings. The molecule has 0 aliphatic heterocycles. The lowest BCUT2D eigenvalue weighted by Crippen LogP contribution is -2.21. The Bertz CT molecular complexity index is 314. The second-order valence-corrected chi connectivity index (χ2v) is 3.74. The lowest BCUT2D eigenvalue weighted by molar-refractivity contribution is -0.138. The molecule has 0 saturated carbocycles. The summed E-state index contributed by atoms with van der Waals surface area (Å²) in [7, 11) is 0. The third-order valence-electron chi connectivity index (χ3n) is 1.57. The molecule has 78 valence electrons. The molecule has 2 N–H and O–H groups in total. The van der Waals surface area contributed by atoms with E-state index in [1.807, 2.05) is 0 Å². The van der Waals surface area contributed by atoms with Gasteiger partial charge in [-0.15, -0.1) is 0 Å². The van der Waals surface area contributed by atoms with Crippen LogP contribution in [0.4, 0.5) is 13.2 Å². The van der Waals surface area contributed by atoms with Gasteiger partial charge >= 0.3 is 6.18 Å². The molecule has 0 radical (unpaired) electrons. The molecule has 0 aliphatic rings. The van der Waals surface area contributed by atoms with E-state index in [9.17, 15) is 13.2 Å². The first kappa shape index (κ1) is 11.5. The number of nitrogens with zero attached hydrogens (tertiary/aromatic N) is 1. The fourth-order valence-corrected chi connectivity index (χ4v) is 1.33. The summed E-state index contributed by atoms with van der Waals surface area (Å²) in [6.07, 6.45) is -3.91. The number of pyridine rings is 1. The van der Waals surface area contributed by atoms with Crippen molar-refractivity contribution in [2.75, 3.05) is 0 Å². The Labute approximate surface area is 87.4 Å². The van der Waals surface area contributed by atoms with E-state index < -0.39 is 18.6 Å². The van der Waals surface area contributed by atoms with Crippen molar-refractivity contribution in [3.05, 3.63) is 28.5 Å². The van der Waals surface area contributed by atoms with Crippen LogP contribution in [0.5, 0.6) is 0 Å². The van der Waals surface area contributed by atoms with Crippen molar-refractivity contribution in [1.29, 1.82) is 0 Å². The average molecular weight is 269 g/mol. The number of hydrogen-bond acceptors (Lipinski definition) is 2. The summed E-state index contributed by atoms with van der Waals surface area (Å²) in [4.78, 5) is 3.77. The zero-order chi connectivity index (χ0) is 10.8. The number of hydrogen-bond donors (Lipinski definition) is 1. The van der Waals surface area contributed by atoms with E-state index in [1.165, 1.54) is 12.3 Å². The molecule has 0 spiro atoms. The van der Waals surface area contributed by atoms with Gasteiger partial charge in [-0.25, -0.2) is 0 Å². The predicted molar refractivity (Wildman–Crippen MR) is 49.5 cm³/mol. The maximum atomic E-state index is 12.0. The van der Waals surface area contributed by atoms with Gasteiger partial charge in [0, 0.05) is 10.7 Å². The summed E-state index contributed by atoms with van der Waals surface area (Å²) < 4.78 is 36.6. The summed E-state index contributed by atoms with van der Waals surface area (Å²) in [5.41, 5.74) is 5.58. The molecule has 0 fully saturated rings. The van der Waals surface area contributed by atoms with Crippen molar-refractivity contribution in [2.45, 2.75) is 18.6 Å². The summed E-state index contributed by atoms with van der Waals surface area (Å²) >= 11 is 3.13. The molecule has 1 rings (SSSR count). The van der Waals surface area contributed by atoms with E-state index in [-0.39, 0.29) is 5.69 Å². The van der Waals surface area contributed by atoms with Crippen LogP contribution in [0.25, 0.3) is 0 Å². The zero-order valence-corrected chi connectivity index (χ0v) is 8.64. The highest BCUT2D eigenvalue weighted by atomic mass is 79.9. The molecule has 0 aliphatic carbocycles. The molecule has 2 nitrogen and oxygen atoms in total. The monoisotopic (exact) mass is 268 g/mol. The van der Waals surface area contributed by atoms with Crippen molar-refractivity contribution in [1.82, 2.24) is 4.98 Å². The highest BCUT2D eigenvalue weighted by molar-refractivity contribution is 9.10. The second-order valence-electron chi connectivity index (χ2n) is 2.82.